The molecule has 5 aliphatic heterocycles. The number of benzene rings is 1. The van der Waals surface area contributed by atoms with Crippen molar-refractivity contribution in [2.45, 2.75) is 56.7 Å². The van der Waals surface area contributed by atoms with E-state index in [4.69, 9.17) is 31.0 Å². The maximum Gasteiger partial charge on any atom is 0.319 e. The van der Waals surface area contributed by atoms with Gasteiger partial charge in [-0.3, -0.25) is 15.0 Å². The molecule has 0 unspecified atom stereocenters. The van der Waals surface area contributed by atoms with Gasteiger partial charge in [0.25, 0.3) is 0 Å². The molecule has 3 aromatic heterocycles. The largest absolute Gasteiger partial charge is 0.461 e. The van der Waals surface area contributed by atoms with Crippen LogP contribution in [0.4, 0.5) is 14.6 Å². The van der Waals surface area contributed by atoms with Gasteiger partial charge in [0, 0.05) is 60.7 Å². The normalized spacial score (nSPS) is 26.2. The summed E-state index contributed by atoms with van der Waals surface area (Å²) in [5.41, 5.74) is 2.10. The van der Waals surface area contributed by atoms with Crippen molar-refractivity contribution in [2.75, 3.05) is 50.9 Å². The fourth-order valence-corrected chi connectivity index (χ4v) is 7.98. The molecule has 3 atom stereocenters. The molecule has 43 heavy (non-hydrogen) atoms. The van der Waals surface area contributed by atoms with E-state index in [-0.39, 0.29) is 29.4 Å². The highest BCUT2D eigenvalue weighted by Crippen LogP contribution is 2.42. The smallest absolute Gasteiger partial charge is 0.319 e. The van der Waals surface area contributed by atoms with Crippen LogP contribution < -0.4 is 9.64 Å². The molecule has 9 nitrogen and oxygen atoms in total. The molecule has 0 radical (unpaired) electrons. The summed E-state index contributed by atoms with van der Waals surface area (Å²) in [7, 11) is 0. The zero-order chi connectivity index (χ0) is 29.1. The van der Waals surface area contributed by atoms with E-state index in [0.717, 1.165) is 62.7 Å². The first-order valence-electron chi connectivity index (χ1n) is 15.3. The second kappa shape index (κ2) is 10.8. The predicted octanol–water partition coefficient (Wildman–Crippen LogP) is 5.50. The number of nitrogens with zero attached hydrogens (tertiary/aromatic N) is 6. The second-order valence-electron chi connectivity index (χ2n) is 12.6. The molecule has 4 aromatic rings. The van der Waals surface area contributed by atoms with Gasteiger partial charge in [-0.1, -0.05) is 11.6 Å². The SMILES string of the molecule is Fc1c2ncc3c(nc(OC[C@@]45CCCN4C[C@H](F)C5)nc13)N1CC[C@@H](COCCCCc3c(Cl)cc4[nH]ncc4c3-2)C1. The Morgan fingerprint density at radius 1 is 1.14 bits per heavy atom. The molecule has 3 saturated heterocycles. The summed E-state index contributed by atoms with van der Waals surface area (Å²) in [6.07, 6.45) is 8.09. The van der Waals surface area contributed by atoms with Crippen molar-refractivity contribution >= 4 is 39.2 Å². The van der Waals surface area contributed by atoms with Gasteiger partial charge in [-0.05, 0) is 56.7 Å². The number of nitrogens with one attached hydrogen (secondary N) is 1. The van der Waals surface area contributed by atoms with Gasteiger partial charge in [-0.25, -0.2) is 8.78 Å². The summed E-state index contributed by atoms with van der Waals surface area (Å²) in [6.45, 7) is 4.38. The number of aromatic amines is 1. The molecule has 0 amide bonds. The number of H-pyrrole nitrogens is 1. The third-order valence-electron chi connectivity index (χ3n) is 9.81. The van der Waals surface area contributed by atoms with E-state index in [1.54, 1.807) is 12.4 Å². The van der Waals surface area contributed by atoms with Crippen molar-refractivity contribution in [1.29, 1.82) is 0 Å². The monoisotopic (exact) mass is 609 g/mol. The van der Waals surface area contributed by atoms with Crippen LogP contribution >= 0.6 is 11.6 Å². The fraction of sp³-hybridized carbons (Fsp3) is 0.548. The topological polar surface area (TPSA) is 92.3 Å². The molecule has 1 aromatic carbocycles. The molecule has 8 heterocycles. The minimum Gasteiger partial charge on any atom is -0.461 e. The number of halogens is 3. The first kappa shape index (κ1) is 27.4. The molecule has 0 aliphatic carbocycles. The van der Waals surface area contributed by atoms with E-state index in [1.165, 1.54) is 0 Å². The summed E-state index contributed by atoms with van der Waals surface area (Å²) in [4.78, 5) is 18.5. The first-order valence-corrected chi connectivity index (χ1v) is 15.7. The number of rotatable bonds is 3. The summed E-state index contributed by atoms with van der Waals surface area (Å²) >= 11 is 6.80. The van der Waals surface area contributed by atoms with Gasteiger partial charge < -0.3 is 14.4 Å². The van der Waals surface area contributed by atoms with E-state index in [2.05, 4.69) is 25.0 Å². The van der Waals surface area contributed by atoms with Gasteiger partial charge in [0.15, 0.2) is 5.82 Å². The quantitative estimate of drug-likeness (QED) is 0.326. The lowest BCUT2D eigenvalue weighted by atomic mass is 9.95. The van der Waals surface area contributed by atoms with Crippen molar-refractivity contribution in [1.82, 2.24) is 30.0 Å². The number of hydrogen-bond donors (Lipinski definition) is 1. The number of fused-ring (bicyclic) bond motifs is 8. The van der Waals surface area contributed by atoms with Gasteiger partial charge >= 0.3 is 6.01 Å². The van der Waals surface area contributed by atoms with E-state index in [0.29, 0.717) is 65.8 Å². The summed E-state index contributed by atoms with van der Waals surface area (Å²) in [6, 6.07) is 1.94. The summed E-state index contributed by atoms with van der Waals surface area (Å²) < 4.78 is 43.6. The second-order valence-corrected chi connectivity index (χ2v) is 13.0. The average Bonchev–Trinajstić information content (AvgIpc) is 3.78. The zero-order valence-corrected chi connectivity index (χ0v) is 24.7. The molecule has 5 aliphatic rings. The maximum absolute atomic E-state index is 16.9. The van der Waals surface area contributed by atoms with Crippen LogP contribution in [-0.4, -0.2) is 87.8 Å². The van der Waals surface area contributed by atoms with Gasteiger partial charge in [-0.15, -0.1) is 0 Å². The van der Waals surface area contributed by atoms with E-state index in [1.807, 2.05) is 6.07 Å². The minimum atomic E-state index is -0.870. The molecule has 0 spiro atoms. The molecule has 226 valence electrons. The van der Waals surface area contributed by atoms with Gasteiger partial charge in [0.05, 0.1) is 29.2 Å². The summed E-state index contributed by atoms with van der Waals surface area (Å²) in [5.74, 6) is 0.395. The maximum atomic E-state index is 16.9. The number of ether oxygens (including phenoxy) is 2. The number of alkyl halides is 1. The van der Waals surface area contributed by atoms with Crippen LogP contribution in [-0.2, 0) is 11.2 Å². The lowest BCUT2D eigenvalue weighted by Crippen LogP contribution is -2.43. The number of anilines is 1. The zero-order valence-electron chi connectivity index (χ0n) is 23.9. The van der Waals surface area contributed by atoms with Crippen molar-refractivity contribution in [3.63, 3.8) is 0 Å². The van der Waals surface area contributed by atoms with E-state index in [9.17, 15) is 4.39 Å². The number of pyridine rings is 1. The van der Waals surface area contributed by atoms with Crippen molar-refractivity contribution in [2.24, 2.45) is 5.92 Å². The van der Waals surface area contributed by atoms with Crippen LogP contribution in [0.3, 0.4) is 0 Å². The standard InChI is InChI=1S/C31H34ClF2N7O2/c32-23-10-24-21(13-36-39-24)25-20(23)4-1-2-9-42-16-18-5-8-40(14-18)29-22-12-35-28(25)26(34)27(22)37-30(38-29)43-17-31-6-3-7-41(31)15-19(33)11-31/h10,12-13,18-19H,1-9,11,14-17H2,(H,36,39)/t18-,19-,31+/m1/s1. The van der Waals surface area contributed by atoms with Crippen LogP contribution in [0.2, 0.25) is 5.02 Å². The Kier molecular flexibility index (Phi) is 6.87. The Balaban J connectivity index is 1.28. The molecule has 9 rings (SSSR count). The molecule has 0 saturated carbocycles. The Morgan fingerprint density at radius 3 is 3.00 bits per heavy atom. The number of aromatic nitrogens is 5. The molecule has 12 heteroatoms. The average molecular weight is 610 g/mol. The highest BCUT2D eigenvalue weighted by atomic mass is 35.5. The first-order chi connectivity index (χ1) is 21.0. The third-order valence-corrected chi connectivity index (χ3v) is 10.2. The summed E-state index contributed by atoms with van der Waals surface area (Å²) in [5, 5.41) is 8.99. The molecular formula is C31H34ClF2N7O2. The molecule has 6 bridgehead atoms. The third kappa shape index (κ3) is 4.71. The van der Waals surface area contributed by atoms with E-state index >= 15 is 4.39 Å². The Labute approximate surface area is 252 Å². The number of hydrogen-bond acceptors (Lipinski definition) is 8. The highest BCUT2D eigenvalue weighted by Gasteiger charge is 2.49. The lowest BCUT2D eigenvalue weighted by Gasteiger charge is -2.31. The van der Waals surface area contributed by atoms with Crippen molar-refractivity contribution in [3.8, 4) is 17.3 Å². The predicted molar refractivity (Wildman–Crippen MR) is 160 cm³/mol. The fourth-order valence-electron chi connectivity index (χ4n) is 7.68. The van der Waals surface area contributed by atoms with Crippen molar-refractivity contribution < 1.29 is 18.3 Å². The molecular weight excluding hydrogens is 576 g/mol. The highest BCUT2D eigenvalue weighted by molar-refractivity contribution is 6.33. The lowest BCUT2D eigenvalue weighted by molar-refractivity contribution is 0.102. The van der Waals surface area contributed by atoms with Crippen LogP contribution in [0.15, 0.2) is 18.5 Å². The van der Waals surface area contributed by atoms with Crippen molar-refractivity contribution in [3.05, 3.63) is 34.9 Å². The van der Waals surface area contributed by atoms with E-state index < -0.39 is 12.0 Å². The Bertz CT molecular complexity index is 1700. The Morgan fingerprint density at radius 2 is 2.07 bits per heavy atom. The Hall–Kier alpha value is -3.15. The van der Waals surface area contributed by atoms with Gasteiger partial charge in [0.1, 0.15) is 29.8 Å². The van der Waals surface area contributed by atoms with Gasteiger partial charge in [0.2, 0.25) is 0 Å². The van der Waals surface area contributed by atoms with Crippen LogP contribution in [0.25, 0.3) is 33.1 Å². The molecule has 1 N–H and O–H groups in total. The van der Waals surface area contributed by atoms with Gasteiger partial charge in [-0.2, -0.15) is 15.1 Å². The molecule has 3 fully saturated rings. The van der Waals surface area contributed by atoms with Crippen LogP contribution in [0, 0.1) is 11.7 Å². The minimum absolute atomic E-state index is 0.0997. The van der Waals surface area contributed by atoms with Crippen LogP contribution in [0.1, 0.15) is 44.1 Å². The van der Waals surface area contributed by atoms with Crippen LogP contribution in [0.5, 0.6) is 6.01 Å².